The van der Waals surface area contributed by atoms with Crippen molar-refractivity contribution in [3.05, 3.63) is 69.8 Å². The highest BCUT2D eigenvalue weighted by Crippen LogP contribution is 2.44. The third-order valence-electron chi connectivity index (χ3n) is 7.24. The molecule has 0 amide bonds. The molecule has 0 atom stereocenters. The van der Waals surface area contributed by atoms with Crippen molar-refractivity contribution in [1.82, 2.24) is 9.38 Å². The molecule has 7 rings (SSSR count). The number of pyridine rings is 2. The SMILES string of the molecule is [B]c1nc2c3cc4ccccc4c(CC(C)(C)C)c3n3c4ccccc4c4c(I)cc(c1[B])c2c43. The van der Waals surface area contributed by atoms with E-state index in [2.05, 4.69) is 108 Å². The number of hydrogen-bond acceptors (Lipinski definition) is 1. The van der Waals surface area contributed by atoms with Gasteiger partial charge in [0.05, 0.1) is 22.1 Å². The molecule has 0 aliphatic heterocycles. The molecule has 4 aromatic carbocycles. The van der Waals surface area contributed by atoms with Crippen LogP contribution in [0, 0.1) is 8.99 Å². The van der Waals surface area contributed by atoms with Crippen LogP contribution >= 0.6 is 22.6 Å². The Labute approximate surface area is 220 Å². The van der Waals surface area contributed by atoms with E-state index in [1.165, 1.54) is 47.2 Å². The van der Waals surface area contributed by atoms with Crippen LogP contribution in [-0.4, -0.2) is 25.1 Å². The van der Waals surface area contributed by atoms with E-state index >= 15 is 0 Å². The van der Waals surface area contributed by atoms with Gasteiger partial charge in [0.25, 0.3) is 0 Å². The van der Waals surface area contributed by atoms with Crippen molar-refractivity contribution in [2.45, 2.75) is 27.2 Å². The standard InChI is InChI=1S/C30H21B2IN2/c1-30(2,3)14-20-16-9-5-4-8-15(16)12-19-26-24-18(25(31)29(32)34-26)13-21(33)23-17-10-6-7-11-22(17)35(27(19)20)28(23)24/h4-13H,14H2,1-3H3. The topological polar surface area (TPSA) is 17.3 Å². The molecular formula is C30H21B2IN2. The number of nitrogens with zero attached hydrogens (tertiary/aromatic N) is 2. The number of fused-ring (bicyclic) bond motifs is 7. The maximum absolute atomic E-state index is 6.54. The highest BCUT2D eigenvalue weighted by molar-refractivity contribution is 14.1. The number of benzene rings is 4. The first-order valence-corrected chi connectivity index (χ1v) is 13.0. The lowest BCUT2D eigenvalue weighted by atomic mass is 9.80. The lowest BCUT2D eigenvalue weighted by Gasteiger charge is -2.24. The molecule has 0 unspecified atom stereocenters. The monoisotopic (exact) mass is 558 g/mol. The molecule has 35 heavy (non-hydrogen) atoms. The molecule has 2 nitrogen and oxygen atoms in total. The molecular weight excluding hydrogens is 537 g/mol. The van der Waals surface area contributed by atoms with Crippen LogP contribution in [0.15, 0.2) is 60.7 Å². The van der Waals surface area contributed by atoms with E-state index in [1.807, 2.05) is 0 Å². The van der Waals surface area contributed by atoms with Gasteiger partial charge >= 0.3 is 0 Å². The lowest BCUT2D eigenvalue weighted by molar-refractivity contribution is 0.413. The van der Waals surface area contributed by atoms with Crippen LogP contribution < -0.4 is 11.1 Å². The van der Waals surface area contributed by atoms with E-state index in [1.54, 1.807) is 0 Å². The molecule has 5 heteroatoms. The highest BCUT2D eigenvalue weighted by atomic mass is 127. The highest BCUT2D eigenvalue weighted by Gasteiger charge is 2.25. The van der Waals surface area contributed by atoms with Gasteiger partial charge in [-0.2, -0.15) is 0 Å². The van der Waals surface area contributed by atoms with Crippen LogP contribution in [0.4, 0.5) is 0 Å². The minimum atomic E-state index is 0.105. The quantitative estimate of drug-likeness (QED) is 0.0999. The first kappa shape index (κ1) is 21.5. The summed E-state index contributed by atoms with van der Waals surface area (Å²) in [7, 11) is 13.0. The third kappa shape index (κ3) is 2.88. The van der Waals surface area contributed by atoms with E-state index < -0.39 is 0 Å². The zero-order chi connectivity index (χ0) is 24.2. The molecule has 0 N–H and O–H groups in total. The minimum Gasteiger partial charge on any atom is -0.308 e. The van der Waals surface area contributed by atoms with Gasteiger partial charge in [-0.05, 0) is 79.9 Å². The summed E-state index contributed by atoms with van der Waals surface area (Å²) < 4.78 is 3.65. The number of para-hydroxylation sites is 1. The second kappa shape index (κ2) is 7.13. The predicted molar refractivity (Wildman–Crippen MR) is 161 cm³/mol. The maximum atomic E-state index is 6.54. The fourth-order valence-electron chi connectivity index (χ4n) is 5.93. The second-order valence-electron chi connectivity index (χ2n) is 10.8. The summed E-state index contributed by atoms with van der Waals surface area (Å²) in [4.78, 5) is 4.94. The maximum Gasteiger partial charge on any atom is 0.140 e. The van der Waals surface area contributed by atoms with Crippen LogP contribution in [0.1, 0.15) is 26.3 Å². The number of aromatic nitrogens is 2. The molecule has 0 saturated carbocycles. The Morgan fingerprint density at radius 3 is 2.31 bits per heavy atom. The molecule has 3 aromatic heterocycles. The Kier molecular flexibility index (Phi) is 4.38. The fourth-order valence-corrected chi connectivity index (χ4v) is 6.79. The molecule has 164 valence electrons. The fraction of sp³-hybridized carbons (Fsp3) is 0.167. The van der Waals surface area contributed by atoms with Gasteiger partial charge in [0.15, 0.2) is 0 Å². The van der Waals surface area contributed by atoms with Crippen molar-refractivity contribution in [1.29, 1.82) is 0 Å². The third-order valence-corrected chi connectivity index (χ3v) is 8.09. The van der Waals surface area contributed by atoms with E-state index in [0.29, 0.717) is 11.1 Å². The molecule has 0 aliphatic carbocycles. The van der Waals surface area contributed by atoms with Crippen LogP contribution in [-0.2, 0) is 6.42 Å². The second-order valence-corrected chi connectivity index (χ2v) is 12.0. The number of hydrogen-bond donors (Lipinski definition) is 0. The van der Waals surface area contributed by atoms with Gasteiger partial charge in [-0.3, -0.25) is 4.98 Å². The molecule has 4 radical (unpaired) electrons. The zero-order valence-electron chi connectivity index (χ0n) is 19.9. The van der Waals surface area contributed by atoms with Crippen LogP contribution in [0.5, 0.6) is 0 Å². The van der Waals surface area contributed by atoms with Crippen molar-refractivity contribution in [2.75, 3.05) is 0 Å². The van der Waals surface area contributed by atoms with Gasteiger partial charge in [0, 0.05) is 25.1 Å². The first-order valence-electron chi connectivity index (χ1n) is 11.9. The largest absolute Gasteiger partial charge is 0.308 e. The van der Waals surface area contributed by atoms with Gasteiger partial charge < -0.3 is 4.40 Å². The molecule has 0 bridgehead atoms. The minimum absolute atomic E-state index is 0.105. The van der Waals surface area contributed by atoms with Gasteiger partial charge in [-0.15, -0.1) is 0 Å². The lowest BCUT2D eigenvalue weighted by Crippen LogP contribution is -2.30. The average molecular weight is 558 g/mol. The Hall–Kier alpha value is -2.79. The number of rotatable bonds is 1. The van der Waals surface area contributed by atoms with Crippen molar-refractivity contribution in [3.63, 3.8) is 0 Å². The first-order chi connectivity index (χ1) is 16.7. The summed E-state index contributed by atoms with van der Waals surface area (Å²) >= 11 is 2.45. The summed E-state index contributed by atoms with van der Waals surface area (Å²) in [5, 5.41) is 8.20. The van der Waals surface area contributed by atoms with Crippen LogP contribution in [0.3, 0.4) is 0 Å². The van der Waals surface area contributed by atoms with Crippen LogP contribution in [0.2, 0.25) is 0 Å². The smallest absolute Gasteiger partial charge is 0.140 e. The summed E-state index contributed by atoms with van der Waals surface area (Å²) in [5.41, 5.74) is 6.94. The molecule has 0 spiro atoms. The van der Waals surface area contributed by atoms with E-state index in [4.69, 9.17) is 20.7 Å². The van der Waals surface area contributed by atoms with E-state index in [9.17, 15) is 0 Å². The predicted octanol–water partition coefficient (Wildman–Crippen LogP) is 6.32. The molecule has 3 heterocycles. The Morgan fingerprint density at radius 2 is 1.54 bits per heavy atom. The summed E-state index contributed by atoms with van der Waals surface area (Å²) in [6, 6.07) is 21.9. The van der Waals surface area contributed by atoms with Crippen molar-refractivity contribution in [3.8, 4) is 0 Å². The van der Waals surface area contributed by atoms with Gasteiger partial charge in [0.2, 0.25) is 0 Å². The zero-order valence-corrected chi connectivity index (χ0v) is 22.1. The van der Waals surface area contributed by atoms with Crippen molar-refractivity contribution >= 4 is 109 Å². The van der Waals surface area contributed by atoms with Gasteiger partial charge in [-0.25, -0.2) is 0 Å². The Morgan fingerprint density at radius 1 is 0.829 bits per heavy atom. The van der Waals surface area contributed by atoms with Crippen LogP contribution in [0.25, 0.3) is 59.8 Å². The summed E-state index contributed by atoms with van der Waals surface area (Å²) in [6.45, 7) is 6.92. The summed E-state index contributed by atoms with van der Waals surface area (Å²) in [6.07, 6.45) is 0.942. The number of halogens is 1. The Balaban J connectivity index is 1.93. The van der Waals surface area contributed by atoms with E-state index in [0.717, 1.165) is 28.1 Å². The normalized spacial score (nSPS) is 12.9. The molecule has 0 aliphatic rings. The molecule has 7 aromatic rings. The molecule has 0 saturated heterocycles. The Bertz CT molecular complexity index is 2000. The van der Waals surface area contributed by atoms with E-state index in [-0.39, 0.29) is 5.41 Å². The van der Waals surface area contributed by atoms with Gasteiger partial charge in [-0.1, -0.05) is 68.7 Å². The van der Waals surface area contributed by atoms with Crippen molar-refractivity contribution in [2.24, 2.45) is 5.41 Å². The average Bonchev–Trinajstić information content (AvgIpc) is 3.16. The molecule has 0 fully saturated rings. The summed E-state index contributed by atoms with van der Waals surface area (Å²) in [5.74, 6) is 0. The van der Waals surface area contributed by atoms with Crippen molar-refractivity contribution < 1.29 is 0 Å². The van der Waals surface area contributed by atoms with Gasteiger partial charge in [0.1, 0.15) is 15.7 Å².